The van der Waals surface area contributed by atoms with Crippen LogP contribution in [0.2, 0.25) is 0 Å². The maximum atomic E-state index is 13.4. The van der Waals surface area contributed by atoms with E-state index in [1.165, 1.54) is 18.2 Å². The smallest absolute Gasteiger partial charge is 0.132 e. The SMILES string of the molecule is Cc1ccc(C)c(OCc2c(F)cccc2F)c1. The Balaban J connectivity index is 2.19. The molecule has 0 N–H and O–H groups in total. The van der Waals surface area contributed by atoms with Crippen LogP contribution in [0.1, 0.15) is 16.7 Å². The molecule has 0 radical (unpaired) electrons. The molecule has 2 rings (SSSR count). The summed E-state index contributed by atoms with van der Waals surface area (Å²) in [7, 11) is 0. The van der Waals surface area contributed by atoms with Crippen molar-refractivity contribution in [1.29, 1.82) is 0 Å². The quantitative estimate of drug-likeness (QED) is 0.792. The maximum Gasteiger partial charge on any atom is 0.132 e. The standard InChI is InChI=1S/C15H14F2O/c1-10-6-7-11(2)15(8-10)18-9-12-13(16)4-3-5-14(12)17/h3-8H,9H2,1-2H3. The van der Waals surface area contributed by atoms with Crippen molar-refractivity contribution in [2.45, 2.75) is 20.5 Å². The molecule has 2 aromatic rings. The Labute approximate surface area is 105 Å². The van der Waals surface area contributed by atoms with Gasteiger partial charge >= 0.3 is 0 Å². The Bertz CT molecular complexity index is 544. The van der Waals surface area contributed by atoms with Crippen LogP contribution in [0.3, 0.4) is 0 Å². The second-order valence-corrected chi connectivity index (χ2v) is 4.26. The Hall–Kier alpha value is -1.90. The molecule has 0 aliphatic rings. The van der Waals surface area contributed by atoms with E-state index in [9.17, 15) is 8.78 Å². The minimum absolute atomic E-state index is 0.0431. The van der Waals surface area contributed by atoms with Gasteiger partial charge < -0.3 is 4.74 Å². The van der Waals surface area contributed by atoms with Crippen LogP contribution in [0.5, 0.6) is 5.75 Å². The highest BCUT2D eigenvalue weighted by Crippen LogP contribution is 2.21. The predicted molar refractivity (Wildman–Crippen MR) is 66.6 cm³/mol. The normalized spacial score (nSPS) is 10.4. The lowest BCUT2D eigenvalue weighted by atomic mass is 10.1. The maximum absolute atomic E-state index is 13.4. The number of rotatable bonds is 3. The average Bonchev–Trinajstić information content (AvgIpc) is 2.33. The van der Waals surface area contributed by atoms with Crippen molar-refractivity contribution in [3.63, 3.8) is 0 Å². The van der Waals surface area contributed by atoms with Crippen molar-refractivity contribution in [2.75, 3.05) is 0 Å². The van der Waals surface area contributed by atoms with Crippen LogP contribution in [-0.2, 0) is 6.61 Å². The van der Waals surface area contributed by atoms with E-state index < -0.39 is 11.6 Å². The van der Waals surface area contributed by atoms with E-state index in [1.54, 1.807) is 0 Å². The zero-order valence-electron chi connectivity index (χ0n) is 10.3. The number of benzene rings is 2. The first kappa shape index (κ1) is 12.6. The summed E-state index contributed by atoms with van der Waals surface area (Å²) in [5.41, 5.74) is 1.94. The van der Waals surface area contributed by atoms with Crippen molar-refractivity contribution in [3.05, 3.63) is 64.7 Å². The second kappa shape index (κ2) is 5.17. The van der Waals surface area contributed by atoms with Crippen LogP contribution in [0, 0.1) is 25.5 Å². The first-order valence-electron chi connectivity index (χ1n) is 5.71. The van der Waals surface area contributed by atoms with E-state index in [2.05, 4.69) is 0 Å². The molecule has 94 valence electrons. The van der Waals surface area contributed by atoms with E-state index in [4.69, 9.17) is 4.74 Å². The van der Waals surface area contributed by atoms with Gasteiger partial charge in [0.2, 0.25) is 0 Å². The van der Waals surface area contributed by atoms with Gasteiger partial charge in [-0.2, -0.15) is 0 Å². The third kappa shape index (κ3) is 2.67. The van der Waals surface area contributed by atoms with E-state index in [1.807, 2.05) is 32.0 Å². The summed E-state index contributed by atoms with van der Waals surface area (Å²) in [6.07, 6.45) is 0. The van der Waals surface area contributed by atoms with Crippen molar-refractivity contribution in [2.24, 2.45) is 0 Å². The average molecular weight is 248 g/mol. The van der Waals surface area contributed by atoms with Gasteiger partial charge in [-0.05, 0) is 43.2 Å². The van der Waals surface area contributed by atoms with Crippen LogP contribution < -0.4 is 4.74 Å². The molecule has 0 aliphatic carbocycles. The highest BCUT2D eigenvalue weighted by molar-refractivity contribution is 5.36. The van der Waals surface area contributed by atoms with Gasteiger partial charge in [-0.3, -0.25) is 0 Å². The van der Waals surface area contributed by atoms with Crippen molar-refractivity contribution in [3.8, 4) is 5.75 Å². The topological polar surface area (TPSA) is 9.23 Å². The van der Waals surface area contributed by atoms with Gasteiger partial charge in [-0.1, -0.05) is 18.2 Å². The minimum atomic E-state index is -0.583. The van der Waals surface area contributed by atoms with E-state index >= 15 is 0 Å². The Kier molecular flexibility index (Phi) is 3.60. The van der Waals surface area contributed by atoms with Crippen LogP contribution in [0.15, 0.2) is 36.4 Å². The lowest BCUT2D eigenvalue weighted by Gasteiger charge is -2.11. The fourth-order valence-electron chi connectivity index (χ4n) is 1.68. The van der Waals surface area contributed by atoms with E-state index in [-0.39, 0.29) is 12.2 Å². The van der Waals surface area contributed by atoms with Crippen LogP contribution in [0.25, 0.3) is 0 Å². The first-order chi connectivity index (χ1) is 8.58. The van der Waals surface area contributed by atoms with Gasteiger partial charge in [0.15, 0.2) is 0 Å². The van der Waals surface area contributed by atoms with Crippen molar-refractivity contribution < 1.29 is 13.5 Å². The van der Waals surface area contributed by atoms with Gasteiger partial charge in [-0.25, -0.2) is 8.78 Å². The molecule has 0 aliphatic heterocycles. The summed E-state index contributed by atoms with van der Waals surface area (Å²) in [5, 5.41) is 0. The molecule has 0 saturated carbocycles. The third-order valence-corrected chi connectivity index (χ3v) is 2.78. The summed E-state index contributed by atoms with van der Waals surface area (Å²) < 4.78 is 32.3. The molecule has 2 aromatic carbocycles. The van der Waals surface area contributed by atoms with Crippen molar-refractivity contribution >= 4 is 0 Å². The molecule has 0 spiro atoms. The monoisotopic (exact) mass is 248 g/mol. The predicted octanol–water partition coefficient (Wildman–Crippen LogP) is 4.16. The number of halogens is 2. The summed E-state index contributed by atoms with van der Waals surface area (Å²) in [6, 6.07) is 9.53. The minimum Gasteiger partial charge on any atom is -0.488 e. The van der Waals surface area contributed by atoms with Gasteiger partial charge in [-0.15, -0.1) is 0 Å². The molecule has 1 nitrogen and oxygen atoms in total. The zero-order chi connectivity index (χ0) is 13.1. The number of aryl methyl sites for hydroxylation is 2. The molecule has 0 aromatic heterocycles. The van der Waals surface area contributed by atoms with Crippen molar-refractivity contribution in [1.82, 2.24) is 0 Å². The molecule has 3 heteroatoms. The van der Waals surface area contributed by atoms with Crippen LogP contribution in [-0.4, -0.2) is 0 Å². The van der Waals surface area contributed by atoms with Gasteiger partial charge in [0.25, 0.3) is 0 Å². The van der Waals surface area contributed by atoms with Crippen LogP contribution >= 0.6 is 0 Å². The second-order valence-electron chi connectivity index (χ2n) is 4.26. The van der Waals surface area contributed by atoms with Gasteiger partial charge in [0, 0.05) is 0 Å². The highest BCUT2D eigenvalue weighted by atomic mass is 19.1. The summed E-state index contributed by atoms with van der Waals surface area (Å²) in [4.78, 5) is 0. The summed E-state index contributed by atoms with van der Waals surface area (Å²) in [6.45, 7) is 3.73. The molecule has 0 atom stereocenters. The largest absolute Gasteiger partial charge is 0.488 e. The highest BCUT2D eigenvalue weighted by Gasteiger charge is 2.09. The molecular formula is C15H14F2O. The lowest BCUT2D eigenvalue weighted by molar-refractivity contribution is 0.290. The molecule has 0 amide bonds. The molecule has 18 heavy (non-hydrogen) atoms. The third-order valence-electron chi connectivity index (χ3n) is 2.78. The number of hydrogen-bond acceptors (Lipinski definition) is 1. The van der Waals surface area contributed by atoms with Crippen LogP contribution in [0.4, 0.5) is 8.78 Å². The Morgan fingerprint density at radius 1 is 1.00 bits per heavy atom. The van der Waals surface area contributed by atoms with E-state index in [0.717, 1.165) is 11.1 Å². The fourth-order valence-corrected chi connectivity index (χ4v) is 1.68. The van der Waals surface area contributed by atoms with Gasteiger partial charge in [0.05, 0.1) is 5.56 Å². The first-order valence-corrected chi connectivity index (χ1v) is 5.71. The molecule has 0 heterocycles. The molecular weight excluding hydrogens is 234 g/mol. The van der Waals surface area contributed by atoms with E-state index in [0.29, 0.717) is 5.75 Å². The molecule has 0 fully saturated rings. The fraction of sp³-hybridized carbons (Fsp3) is 0.200. The number of ether oxygens (including phenoxy) is 1. The van der Waals surface area contributed by atoms with Gasteiger partial charge in [0.1, 0.15) is 24.0 Å². The molecule has 0 unspecified atom stereocenters. The number of hydrogen-bond donors (Lipinski definition) is 0. The summed E-state index contributed by atoms with van der Waals surface area (Å²) >= 11 is 0. The Morgan fingerprint density at radius 2 is 1.67 bits per heavy atom. The zero-order valence-corrected chi connectivity index (χ0v) is 10.3. The lowest BCUT2D eigenvalue weighted by Crippen LogP contribution is -2.02. The Morgan fingerprint density at radius 3 is 2.33 bits per heavy atom. The molecule has 0 saturated heterocycles. The summed E-state index contributed by atoms with van der Waals surface area (Å²) in [5.74, 6) is -0.515. The molecule has 0 bridgehead atoms.